The molecule has 3 N–H and O–H groups in total. The third-order valence-electron chi connectivity index (χ3n) is 2.59. The highest BCUT2D eigenvalue weighted by Gasteiger charge is 2.17. The summed E-state index contributed by atoms with van der Waals surface area (Å²) >= 11 is 0. The van der Waals surface area contributed by atoms with Gasteiger partial charge in [0.15, 0.2) is 0 Å². The standard InChI is InChI=1S/C13H21NO.ClH/c1-9(2)8-12(15)13(14)11-6-4-10(3)5-7-11;/h4-7,9,12-13,15H,8,14H2,1-3H3;1H/t12-,13+;/m0./s1. The quantitative estimate of drug-likeness (QED) is 0.854. The van der Waals surface area contributed by atoms with Crippen molar-refractivity contribution in [2.45, 2.75) is 39.3 Å². The summed E-state index contributed by atoms with van der Waals surface area (Å²) in [5.41, 5.74) is 8.21. The predicted molar refractivity (Wildman–Crippen MR) is 70.8 cm³/mol. The summed E-state index contributed by atoms with van der Waals surface area (Å²) in [6, 6.07) is 7.76. The van der Waals surface area contributed by atoms with Crippen molar-refractivity contribution in [2.75, 3.05) is 0 Å². The van der Waals surface area contributed by atoms with Crippen LogP contribution < -0.4 is 5.73 Å². The van der Waals surface area contributed by atoms with Crippen LogP contribution in [0.2, 0.25) is 0 Å². The van der Waals surface area contributed by atoms with Gasteiger partial charge >= 0.3 is 0 Å². The number of hydrogen-bond donors (Lipinski definition) is 2. The molecule has 0 saturated heterocycles. The van der Waals surface area contributed by atoms with E-state index in [9.17, 15) is 5.11 Å². The van der Waals surface area contributed by atoms with Crippen LogP contribution in [-0.2, 0) is 0 Å². The van der Waals surface area contributed by atoms with E-state index in [2.05, 4.69) is 13.8 Å². The molecule has 3 heteroatoms. The lowest BCUT2D eigenvalue weighted by Crippen LogP contribution is -2.27. The Hall–Kier alpha value is -0.570. The van der Waals surface area contributed by atoms with Gasteiger partial charge in [-0.3, -0.25) is 0 Å². The number of halogens is 1. The minimum absolute atomic E-state index is 0. The van der Waals surface area contributed by atoms with Crippen molar-refractivity contribution in [3.8, 4) is 0 Å². The highest BCUT2D eigenvalue weighted by molar-refractivity contribution is 5.85. The Kier molecular flexibility index (Phi) is 6.65. The van der Waals surface area contributed by atoms with Gasteiger partial charge in [0.05, 0.1) is 12.1 Å². The molecule has 0 aliphatic carbocycles. The molecule has 0 aliphatic heterocycles. The van der Waals surface area contributed by atoms with Gasteiger partial charge in [0.25, 0.3) is 0 Å². The smallest absolute Gasteiger partial charge is 0.0735 e. The summed E-state index contributed by atoms with van der Waals surface area (Å²) in [5.74, 6) is 0.469. The molecule has 0 aromatic heterocycles. The maximum absolute atomic E-state index is 9.89. The van der Waals surface area contributed by atoms with Crippen LogP contribution in [-0.4, -0.2) is 11.2 Å². The molecule has 0 unspecified atom stereocenters. The monoisotopic (exact) mass is 243 g/mol. The minimum atomic E-state index is -0.451. The van der Waals surface area contributed by atoms with Gasteiger partial charge in [-0.15, -0.1) is 12.4 Å². The number of rotatable bonds is 4. The maximum atomic E-state index is 9.89. The average molecular weight is 244 g/mol. The van der Waals surface area contributed by atoms with Crippen molar-refractivity contribution in [1.29, 1.82) is 0 Å². The summed E-state index contributed by atoms with van der Waals surface area (Å²) in [4.78, 5) is 0. The molecule has 1 rings (SSSR count). The van der Waals surface area contributed by atoms with E-state index in [-0.39, 0.29) is 18.4 Å². The van der Waals surface area contributed by atoms with Crippen LogP contribution in [0.25, 0.3) is 0 Å². The lowest BCUT2D eigenvalue weighted by atomic mass is 9.95. The van der Waals surface area contributed by atoms with Crippen LogP contribution >= 0.6 is 12.4 Å². The Morgan fingerprint density at radius 3 is 2.12 bits per heavy atom. The van der Waals surface area contributed by atoms with E-state index in [1.54, 1.807) is 0 Å². The topological polar surface area (TPSA) is 46.2 Å². The summed E-state index contributed by atoms with van der Waals surface area (Å²) in [7, 11) is 0. The van der Waals surface area contributed by atoms with Crippen LogP contribution in [0.3, 0.4) is 0 Å². The van der Waals surface area contributed by atoms with Gasteiger partial charge in [-0.2, -0.15) is 0 Å². The summed E-state index contributed by atoms with van der Waals surface area (Å²) in [6.07, 6.45) is 0.294. The predicted octanol–water partition coefficient (Wildman–Crippen LogP) is 2.82. The Morgan fingerprint density at radius 1 is 1.19 bits per heavy atom. The van der Waals surface area contributed by atoms with Crippen LogP contribution in [0.5, 0.6) is 0 Å². The fraction of sp³-hybridized carbons (Fsp3) is 0.538. The number of nitrogens with two attached hydrogens (primary N) is 1. The number of aliphatic hydroxyl groups is 1. The molecule has 0 saturated carbocycles. The number of benzene rings is 1. The van der Waals surface area contributed by atoms with E-state index < -0.39 is 6.10 Å². The fourth-order valence-corrected chi connectivity index (χ4v) is 1.64. The number of aliphatic hydroxyl groups excluding tert-OH is 1. The largest absolute Gasteiger partial charge is 0.391 e. The molecule has 92 valence electrons. The van der Waals surface area contributed by atoms with Gasteiger partial charge in [-0.1, -0.05) is 43.7 Å². The summed E-state index contributed by atoms with van der Waals surface area (Å²) in [6.45, 7) is 6.22. The second-order valence-corrected chi connectivity index (χ2v) is 4.63. The molecule has 0 heterocycles. The first kappa shape index (κ1) is 15.4. The van der Waals surface area contributed by atoms with E-state index in [0.29, 0.717) is 5.92 Å². The Morgan fingerprint density at radius 2 is 1.69 bits per heavy atom. The summed E-state index contributed by atoms with van der Waals surface area (Å²) < 4.78 is 0. The third-order valence-corrected chi connectivity index (χ3v) is 2.59. The number of aryl methyl sites for hydroxylation is 1. The van der Waals surface area contributed by atoms with E-state index in [1.807, 2.05) is 31.2 Å². The molecular formula is C13H22ClNO. The average Bonchev–Trinajstić information content (AvgIpc) is 2.17. The fourth-order valence-electron chi connectivity index (χ4n) is 1.64. The van der Waals surface area contributed by atoms with Crippen molar-refractivity contribution in [3.05, 3.63) is 35.4 Å². The highest BCUT2D eigenvalue weighted by atomic mass is 35.5. The van der Waals surface area contributed by atoms with E-state index >= 15 is 0 Å². The molecule has 0 spiro atoms. The zero-order valence-electron chi connectivity index (χ0n) is 10.2. The second-order valence-electron chi connectivity index (χ2n) is 4.63. The van der Waals surface area contributed by atoms with Gasteiger partial charge in [-0.25, -0.2) is 0 Å². The molecule has 0 amide bonds. The van der Waals surface area contributed by atoms with Gasteiger partial charge in [0, 0.05) is 0 Å². The first-order chi connectivity index (χ1) is 7.00. The SMILES string of the molecule is Cc1ccc([C@@H](N)[C@@H](O)CC(C)C)cc1.Cl. The molecule has 2 nitrogen and oxygen atoms in total. The normalized spacial score (nSPS) is 14.4. The summed E-state index contributed by atoms with van der Waals surface area (Å²) in [5, 5.41) is 9.89. The Bertz CT molecular complexity index is 297. The second kappa shape index (κ2) is 6.89. The molecule has 0 radical (unpaired) electrons. The van der Waals surface area contributed by atoms with Crippen molar-refractivity contribution >= 4 is 12.4 Å². The minimum Gasteiger partial charge on any atom is -0.391 e. The van der Waals surface area contributed by atoms with Crippen LogP contribution in [0.4, 0.5) is 0 Å². The zero-order chi connectivity index (χ0) is 11.4. The highest BCUT2D eigenvalue weighted by Crippen LogP contribution is 2.19. The molecule has 0 bridgehead atoms. The first-order valence-electron chi connectivity index (χ1n) is 5.51. The maximum Gasteiger partial charge on any atom is 0.0735 e. The molecule has 16 heavy (non-hydrogen) atoms. The Balaban J connectivity index is 0.00000225. The molecular weight excluding hydrogens is 222 g/mol. The van der Waals surface area contributed by atoms with Crippen molar-refractivity contribution < 1.29 is 5.11 Å². The molecule has 0 fully saturated rings. The van der Waals surface area contributed by atoms with Gasteiger partial charge < -0.3 is 10.8 Å². The zero-order valence-corrected chi connectivity index (χ0v) is 11.0. The molecule has 0 aliphatic rings. The van der Waals surface area contributed by atoms with Gasteiger partial charge in [0.2, 0.25) is 0 Å². The van der Waals surface area contributed by atoms with Crippen molar-refractivity contribution in [2.24, 2.45) is 11.7 Å². The van der Waals surface area contributed by atoms with E-state index in [1.165, 1.54) is 5.56 Å². The van der Waals surface area contributed by atoms with Crippen molar-refractivity contribution in [1.82, 2.24) is 0 Å². The van der Waals surface area contributed by atoms with Crippen molar-refractivity contribution in [3.63, 3.8) is 0 Å². The number of hydrogen-bond acceptors (Lipinski definition) is 2. The molecule has 2 atom stereocenters. The van der Waals surface area contributed by atoms with Crippen LogP contribution in [0, 0.1) is 12.8 Å². The Labute approximate surface area is 104 Å². The molecule has 1 aromatic carbocycles. The van der Waals surface area contributed by atoms with E-state index in [4.69, 9.17) is 5.73 Å². The van der Waals surface area contributed by atoms with Gasteiger partial charge in [-0.05, 0) is 24.8 Å². The van der Waals surface area contributed by atoms with E-state index in [0.717, 1.165) is 12.0 Å². The van der Waals surface area contributed by atoms with Crippen LogP contribution in [0.15, 0.2) is 24.3 Å². The molecule has 1 aromatic rings. The lowest BCUT2D eigenvalue weighted by Gasteiger charge is -2.20. The lowest BCUT2D eigenvalue weighted by molar-refractivity contribution is 0.121. The van der Waals surface area contributed by atoms with Crippen LogP contribution in [0.1, 0.15) is 37.4 Å². The third kappa shape index (κ3) is 4.52. The first-order valence-corrected chi connectivity index (χ1v) is 5.51. The van der Waals surface area contributed by atoms with Gasteiger partial charge in [0.1, 0.15) is 0 Å².